The third-order valence-corrected chi connectivity index (χ3v) is 4.96. The summed E-state index contributed by atoms with van der Waals surface area (Å²) in [7, 11) is 3.65. The first-order valence-electron chi connectivity index (χ1n) is 10.1. The monoisotopic (exact) mass is 423 g/mol. The normalized spacial score (nSPS) is 12.5. The standard InChI is InChI=1S/C21H25N7O3/c1-27(13-19(30)24-14-11-23-28(2)12-14)21-16-4-3-5-17(16)25-20(26-21)18-10-15(6-7-22-18)31-9-8-29/h6-7,10-12,29H,3-5,8-9,13H2,1-2H3,(H,24,30). The van der Waals surface area contributed by atoms with Crippen LogP contribution in [0.3, 0.4) is 0 Å². The number of hydrogen-bond donors (Lipinski definition) is 2. The number of aromatic nitrogens is 5. The van der Waals surface area contributed by atoms with Gasteiger partial charge in [-0.2, -0.15) is 5.10 Å². The van der Waals surface area contributed by atoms with Crippen LogP contribution in [0.5, 0.6) is 5.75 Å². The number of amides is 1. The molecule has 0 aliphatic heterocycles. The van der Waals surface area contributed by atoms with Gasteiger partial charge in [-0.15, -0.1) is 0 Å². The van der Waals surface area contributed by atoms with Gasteiger partial charge in [0.05, 0.1) is 25.0 Å². The van der Waals surface area contributed by atoms with E-state index in [1.54, 1.807) is 42.5 Å². The Morgan fingerprint density at radius 3 is 3.00 bits per heavy atom. The third kappa shape index (κ3) is 4.80. The minimum absolute atomic E-state index is 0.0664. The maximum Gasteiger partial charge on any atom is 0.244 e. The lowest BCUT2D eigenvalue weighted by atomic mass is 10.2. The van der Waals surface area contributed by atoms with Crippen molar-refractivity contribution in [3.05, 3.63) is 42.0 Å². The van der Waals surface area contributed by atoms with Crippen molar-refractivity contribution in [3.8, 4) is 17.3 Å². The second-order valence-corrected chi connectivity index (χ2v) is 7.41. The minimum atomic E-state index is -0.153. The highest BCUT2D eigenvalue weighted by Crippen LogP contribution is 2.31. The van der Waals surface area contributed by atoms with Crippen LogP contribution in [0.4, 0.5) is 11.5 Å². The molecule has 0 saturated carbocycles. The van der Waals surface area contributed by atoms with E-state index in [0.29, 0.717) is 23.0 Å². The van der Waals surface area contributed by atoms with E-state index >= 15 is 0 Å². The maximum atomic E-state index is 12.5. The number of aliphatic hydroxyl groups is 1. The Morgan fingerprint density at radius 2 is 2.23 bits per heavy atom. The predicted molar refractivity (Wildman–Crippen MR) is 115 cm³/mol. The molecule has 162 valence electrons. The number of carbonyl (C=O) groups is 1. The molecule has 0 unspecified atom stereocenters. The fourth-order valence-corrected chi connectivity index (χ4v) is 3.61. The predicted octanol–water partition coefficient (Wildman–Crippen LogP) is 1.21. The summed E-state index contributed by atoms with van der Waals surface area (Å²) in [5, 5.41) is 15.9. The number of fused-ring (bicyclic) bond motifs is 1. The van der Waals surface area contributed by atoms with E-state index in [-0.39, 0.29) is 25.7 Å². The highest BCUT2D eigenvalue weighted by molar-refractivity contribution is 5.93. The first-order valence-corrected chi connectivity index (χ1v) is 10.1. The first kappa shape index (κ1) is 20.7. The highest BCUT2D eigenvalue weighted by atomic mass is 16.5. The molecule has 10 heteroatoms. The number of aliphatic hydroxyl groups excluding tert-OH is 1. The Kier molecular flexibility index (Phi) is 6.08. The third-order valence-electron chi connectivity index (χ3n) is 4.96. The van der Waals surface area contributed by atoms with E-state index in [0.717, 1.165) is 36.3 Å². The van der Waals surface area contributed by atoms with E-state index in [1.165, 1.54) is 0 Å². The molecule has 3 aromatic heterocycles. The molecule has 10 nitrogen and oxygen atoms in total. The lowest BCUT2D eigenvalue weighted by molar-refractivity contribution is -0.114. The van der Waals surface area contributed by atoms with Gasteiger partial charge >= 0.3 is 0 Å². The van der Waals surface area contributed by atoms with Crippen molar-refractivity contribution >= 4 is 17.4 Å². The van der Waals surface area contributed by atoms with Crippen molar-refractivity contribution in [2.24, 2.45) is 7.05 Å². The Hall–Kier alpha value is -3.53. The SMILES string of the molecule is CN(CC(=O)Nc1cnn(C)c1)c1nc(-c2cc(OCCO)ccn2)nc2c1CCC2. The van der Waals surface area contributed by atoms with Gasteiger partial charge in [0.25, 0.3) is 0 Å². The number of aryl methyl sites for hydroxylation is 2. The van der Waals surface area contributed by atoms with Crippen LogP contribution < -0.4 is 15.0 Å². The van der Waals surface area contributed by atoms with Crippen LogP contribution in [-0.2, 0) is 24.7 Å². The smallest absolute Gasteiger partial charge is 0.244 e. The minimum Gasteiger partial charge on any atom is -0.491 e. The summed E-state index contributed by atoms with van der Waals surface area (Å²) in [5.41, 5.74) is 3.30. The fraction of sp³-hybridized carbons (Fsp3) is 0.381. The second-order valence-electron chi connectivity index (χ2n) is 7.41. The number of carbonyl (C=O) groups excluding carboxylic acids is 1. The van der Waals surface area contributed by atoms with Gasteiger partial charge in [0.2, 0.25) is 5.91 Å². The Labute approximate surface area is 179 Å². The zero-order chi connectivity index (χ0) is 21.8. The number of nitrogens with one attached hydrogen (secondary N) is 1. The lowest BCUT2D eigenvalue weighted by Crippen LogP contribution is -2.31. The number of pyridine rings is 1. The summed E-state index contributed by atoms with van der Waals surface area (Å²) in [5.74, 6) is 1.67. The molecule has 0 atom stereocenters. The van der Waals surface area contributed by atoms with Crippen LogP contribution >= 0.6 is 0 Å². The van der Waals surface area contributed by atoms with Crippen LogP contribution in [0, 0.1) is 0 Å². The van der Waals surface area contributed by atoms with Gasteiger partial charge in [-0.05, 0) is 25.3 Å². The molecule has 3 aromatic rings. The van der Waals surface area contributed by atoms with Gasteiger partial charge in [0, 0.05) is 43.8 Å². The van der Waals surface area contributed by atoms with Crippen LogP contribution in [0.2, 0.25) is 0 Å². The molecule has 0 fully saturated rings. The molecule has 0 saturated heterocycles. The summed E-state index contributed by atoms with van der Waals surface area (Å²) in [6.07, 6.45) is 7.74. The van der Waals surface area contributed by atoms with Gasteiger partial charge in [0.15, 0.2) is 5.82 Å². The van der Waals surface area contributed by atoms with Crippen molar-refractivity contribution in [1.29, 1.82) is 0 Å². The Morgan fingerprint density at radius 1 is 1.35 bits per heavy atom. The quantitative estimate of drug-likeness (QED) is 0.555. The van der Waals surface area contributed by atoms with E-state index in [9.17, 15) is 4.79 Å². The first-order chi connectivity index (χ1) is 15.0. The van der Waals surface area contributed by atoms with Crippen molar-refractivity contribution in [1.82, 2.24) is 24.7 Å². The second kappa shape index (κ2) is 9.09. The molecule has 3 heterocycles. The van der Waals surface area contributed by atoms with Crippen molar-refractivity contribution < 1.29 is 14.6 Å². The number of likely N-dealkylation sites (N-methyl/N-ethyl adjacent to an activating group) is 1. The van der Waals surface area contributed by atoms with Gasteiger partial charge in [-0.1, -0.05) is 0 Å². The van der Waals surface area contributed by atoms with E-state index < -0.39 is 0 Å². The molecular weight excluding hydrogens is 398 g/mol. The number of nitrogens with zero attached hydrogens (tertiary/aromatic N) is 6. The average molecular weight is 423 g/mol. The molecule has 1 aliphatic rings. The van der Waals surface area contributed by atoms with Gasteiger partial charge < -0.3 is 20.1 Å². The summed E-state index contributed by atoms with van der Waals surface area (Å²) in [6.45, 7) is 0.280. The van der Waals surface area contributed by atoms with Crippen LogP contribution in [0.1, 0.15) is 17.7 Å². The van der Waals surface area contributed by atoms with Crippen molar-refractivity contribution in [2.45, 2.75) is 19.3 Å². The summed E-state index contributed by atoms with van der Waals surface area (Å²) in [6, 6.07) is 3.48. The molecule has 1 amide bonds. The molecule has 0 radical (unpaired) electrons. The highest BCUT2D eigenvalue weighted by Gasteiger charge is 2.23. The van der Waals surface area contributed by atoms with Crippen LogP contribution in [0.25, 0.3) is 11.5 Å². The summed E-state index contributed by atoms with van der Waals surface area (Å²) >= 11 is 0. The van der Waals surface area contributed by atoms with Crippen molar-refractivity contribution in [3.63, 3.8) is 0 Å². The maximum absolute atomic E-state index is 12.5. The topological polar surface area (TPSA) is 118 Å². The Balaban J connectivity index is 1.57. The van der Waals surface area contributed by atoms with E-state index in [2.05, 4.69) is 15.4 Å². The molecule has 0 spiro atoms. The number of ether oxygens (including phenoxy) is 1. The lowest BCUT2D eigenvalue weighted by Gasteiger charge is -2.21. The zero-order valence-electron chi connectivity index (χ0n) is 17.6. The molecule has 1 aliphatic carbocycles. The zero-order valence-corrected chi connectivity index (χ0v) is 17.6. The van der Waals surface area contributed by atoms with Gasteiger partial charge in [0.1, 0.15) is 23.9 Å². The fourth-order valence-electron chi connectivity index (χ4n) is 3.61. The van der Waals surface area contributed by atoms with Gasteiger partial charge in [-0.25, -0.2) is 9.97 Å². The molecule has 0 aromatic carbocycles. The van der Waals surface area contributed by atoms with E-state index in [4.69, 9.17) is 19.8 Å². The van der Waals surface area contributed by atoms with Crippen LogP contribution in [-0.4, -0.2) is 62.6 Å². The molecule has 2 N–H and O–H groups in total. The average Bonchev–Trinajstić information content (AvgIpc) is 3.40. The molecular formula is C21H25N7O3. The van der Waals surface area contributed by atoms with Crippen molar-refractivity contribution in [2.75, 3.05) is 37.0 Å². The number of rotatable bonds is 8. The number of hydrogen-bond acceptors (Lipinski definition) is 8. The van der Waals surface area contributed by atoms with E-state index in [1.807, 2.05) is 11.9 Å². The van der Waals surface area contributed by atoms with Crippen LogP contribution in [0.15, 0.2) is 30.7 Å². The summed E-state index contributed by atoms with van der Waals surface area (Å²) in [4.78, 5) is 28.2. The van der Waals surface area contributed by atoms with Gasteiger partial charge in [-0.3, -0.25) is 14.5 Å². The molecule has 4 rings (SSSR count). The Bertz CT molecular complexity index is 1080. The summed E-state index contributed by atoms with van der Waals surface area (Å²) < 4.78 is 7.12. The molecule has 0 bridgehead atoms. The molecule has 31 heavy (non-hydrogen) atoms. The largest absolute Gasteiger partial charge is 0.491 e. The number of anilines is 2.